The largest absolute Gasteiger partial charge is 0.382 e. The quantitative estimate of drug-likeness (QED) is 0.784. The minimum absolute atomic E-state index is 0.643. The van der Waals surface area contributed by atoms with Crippen LogP contribution in [-0.2, 0) is 6.42 Å². The van der Waals surface area contributed by atoms with Crippen molar-refractivity contribution in [3.05, 3.63) is 23.3 Å². The van der Waals surface area contributed by atoms with Gasteiger partial charge in [-0.15, -0.1) is 0 Å². The molecule has 78 valence electrons. The zero-order valence-corrected chi connectivity index (χ0v) is 8.88. The Kier molecular flexibility index (Phi) is 1.75. The van der Waals surface area contributed by atoms with Crippen molar-refractivity contribution in [3.63, 3.8) is 0 Å². The molecule has 1 aromatic heterocycles. The van der Waals surface area contributed by atoms with E-state index in [0.717, 1.165) is 23.2 Å². The van der Waals surface area contributed by atoms with Crippen molar-refractivity contribution in [2.24, 2.45) is 0 Å². The molecule has 0 radical (unpaired) electrons. The average molecular weight is 201 g/mol. The van der Waals surface area contributed by atoms with Crippen molar-refractivity contribution < 1.29 is 0 Å². The fourth-order valence-electron chi connectivity index (χ4n) is 2.38. The molecule has 3 nitrogen and oxygen atoms in total. The van der Waals surface area contributed by atoms with Gasteiger partial charge in [-0.25, -0.2) is 0 Å². The van der Waals surface area contributed by atoms with Crippen molar-refractivity contribution in [1.29, 1.82) is 0 Å². The number of hydrogen-bond acceptors (Lipinski definition) is 2. The summed E-state index contributed by atoms with van der Waals surface area (Å²) in [4.78, 5) is 0. The summed E-state index contributed by atoms with van der Waals surface area (Å²) in [6.45, 7) is 2.19. The maximum absolute atomic E-state index is 5.90. The molecule has 1 saturated carbocycles. The number of nitrogen functional groups attached to an aromatic ring is 1. The van der Waals surface area contributed by atoms with Gasteiger partial charge in [0.05, 0.1) is 5.52 Å². The minimum atomic E-state index is 0.643. The lowest BCUT2D eigenvalue weighted by atomic mass is 9.97. The normalized spacial score (nSPS) is 16.1. The number of aromatic nitrogens is 2. The van der Waals surface area contributed by atoms with E-state index in [-0.39, 0.29) is 0 Å². The van der Waals surface area contributed by atoms with E-state index >= 15 is 0 Å². The summed E-state index contributed by atoms with van der Waals surface area (Å²) in [5, 5.41) is 8.19. The van der Waals surface area contributed by atoms with Crippen LogP contribution in [0.1, 0.15) is 36.8 Å². The van der Waals surface area contributed by atoms with Crippen LogP contribution in [0.5, 0.6) is 0 Å². The Morgan fingerprint density at radius 3 is 2.93 bits per heavy atom. The predicted octanol–water partition coefficient (Wildman–Crippen LogP) is 2.58. The molecular formula is C12H15N3. The summed E-state index contributed by atoms with van der Waals surface area (Å²) in [7, 11) is 0. The van der Waals surface area contributed by atoms with Gasteiger partial charge in [-0.1, -0.05) is 13.0 Å². The molecule has 0 saturated heterocycles. The van der Waals surface area contributed by atoms with E-state index in [9.17, 15) is 0 Å². The summed E-state index contributed by atoms with van der Waals surface area (Å²) in [5.74, 6) is 1.42. The highest BCUT2D eigenvalue weighted by Gasteiger charge is 2.26. The maximum Gasteiger partial charge on any atom is 0.153 e. The van der Waals surface area contributed by atoms with E-state index in [1.165, 1.54) is 24.0 Å². The second-order valence-corrected chi connectivity index (χ2v) is 4.29. The molecule has 1 heterocycles. The Morgan fingerprint density at radius 2 is 2.27 bits per heavy atom. The maximum atomic E-state index is 5.90. The first-order valence-corrected chi connectivity index (χ1v) is 5.56. The molecule has 0 amide bonds. The molecule has 3 rings (SSSR count). The Balaban J connectivity index is 2.32. The SMILES string of the molecule is CCc1c(C2CC2)ccc2[nH]nc(N)c12. The van der Waals surface area contributed by atoms with Gasteiger partial charge in [0.1, 0.15) is 0 Å². The van der Waals surface area contributed by atoms with Gasteiger partial charge in [0, 0.05) is 5.39 Å². The molecule has 1 aliphatic carbocycles. The zero-order chi connectivity index (χ0) is 10.4. The van der Waals surface area contributed by atoms with Crippen LogP contribution in [0.2, 0.25) is 0 Å². The van der Waals surface area contributed by atoms with Crippen molar-refractivity contribution in [1.82, 2.24) is 10.2 Å². The number of aromatic amines is 1. The van der Waals surface area contributed by atoms with Gasteiger partial charge < -0.3 is 5.73 Å². The van der Waals surface area contributed by atoms with Crippen molar-refractivity contribution in [3.8, 4) is 0 Å². The van der Waals surface area contributed by atoms with Gasteiger partial charge in [-0.2, -0.15) is 5.10 Å². The monoisotopic (exact) mass is 201 g/mol. The highest BCUT2D eigenvalue weighted by Crippen LogP contribution is 2.43. The van der Waals surface area contributed by atoms with E-state index < -0.39 is 0 Å². The number of nitrogens with two attached hydrogens (primary N) is 1. The third-order valence-electron chi connectivity index (χ3n) is 3.27. The number of anilines is 1. The Labute approximate surface area is 88.7 Å². The molecular weight excluding hydrogens is 186 g/mol. The number of nitrogens with one attached hydrogen (secondary N) is 1. The Morgan fingerprint density at radius 1 is 1.47 bits per heavy atom. The van der Waals surface area contributed by atoms with Crippen LogP contribution in [0.4, 0.5) is 5.82 Å². The number of rotatable bonds is 2. The van der Waals surface area contributed by atoms with E-state index in [2.05, 4.69) is 29.3 Å². The standard InChI is InChI=1S/C12H15N3/c1-2-8-9(7-3-4-7)5-6-10-11(8)12(13)15-14-10/h5-7H,2-4H2,1H3,(H3,13,14,15). The van der Waals surface area contributed by atoms with Gasteiger partial charge in [-0.05, 0) is 42.4 Å². The predicted molar refractivity (Wildman–Crippen MR) is 61.9 cm³/mol. The number of fused-ring (bicyclic) bond motifs is 1. The average Bonchev–Trinajstić information content (AvgIpc) is 3.03. The lowest BCUT2D eigenvalue weighted by Gasteiger charge is -2.08. The first-order chi connectivity index (χ1) is 7.31. The first-order valence-electron chi connectivity index (χ1n) is 5.56. The Bertz CT molecular complexity index is 509. The fraction of sp³-hybridized carbons (Fsp3) is 0.417. The first kappa shape index (κ1) is 8.77. The molecule has 0 spiro atoms. The fourth-order valence-corrected chi connectivity index (χ4v) is 2.38. The molecule has 3 heteroatoms. The number of benzene rings is 1. The summed E-state index contributed by atoms with van der Waals surface area (Å²) < 4.78 is 0. The van der Waals surface area contributed by atoms with Crippen molar-refractivity contribution in [2.45, 2.75) is 32.1 Å². The molecule has 15 heavy (non-hydrogen) atoms. The molecule has 1 aromatic carbocycles. The lowest BCUT2D eigenvalue weighted by Crippen LogP contribution is -1.94. The number of nitrogens with zero attached hydrogens (tertiary/aromatic N) is 1. The smallest absolute Gasteiger partial charge is 0.153 e. The van der Waals surface area contributed by atoms with Gasteiger partial charge in [-0.3, -0.25) is 5.10 Å². The second kappa shape index (κ2) is 2.99. The van der Waals surface area contributed by atoms with Crippen LogP contribution >= 0.6 is 0 Å². The van der Waals surface area contributed by atoms with Crippen molar-refractivity contribution >= 4 is 16.7 Å². The van der Waals surface area contributed by atoms with Gasteiger partial charge in [0.2, 0.25) is 0 Å². The van der Waals surface area contributed by atoms with E-state index in [1.807, 2.05) is 0 Å². The highest BCUT2D eigenvalue weighted by atomic mass is 15.1. The summed E-state index contributed by atoms with van der Waals surface area (Å²) in [6, 6.07) is 4.34. The van der Waals surface area contributed by atoms with Gasteiger partial charge >= 0.3 is 0 Å². The third-order valence-corrected chi connectivity index (χ3v) is 3.27. The number of H-pyrrole nitrogens is 1. The van der Waals surface area contributed by atoms with Crippen LogP contribution in [0, 0.1) is 0 Å². The van der Waals surface area contributed by atoms with E-state index in [4.69, 9.17) is 5.73 Å². The molecule has 0 aliphatic heterocycles. The summed E-state index contributed by atoms with van der Waals surface area (Å²) in [5.41, 5.74) is 9.84. The number of hydrogen-bond donors (Lipinski definition) is 2. The minimum Gasteiger partial charge on any atom is -0.382 e. The van der Waals surface area contributed by atoms with E-state index in [1.54, 1.807) is 0 Å². The van der Waals surface area contributed by atoms with Crippen LogP contribution in [0.15, 0.2) is 12.1 Å². The number of aryl methyl sites for hydroxylation is 1. The van der Waals surface area contributed by atoms with Crippen LogP contribution in [-0.4, -0.2) is 10.2 Å². The molecule has 0 unspecified atom stereocenters. The molecule has 2 aromatic rings. The van der Waals surface area contributed by atoms with Crippen molar-refractivity contribution in [2.75, 3.05) is 5.73 Å². The van der Waals surface area contributed by atoms with Crippen LogP contribution < -0.4 is 5.73 Å². The van der Waals surface area contributed by atoms with Gasteiger partial charge in [0.15, 0.2) is 5.82 Å². The summed E-state index contributed by atoms with van der Waals surface area (Å²) in [6.07, 6.45) is 3.69. The molecule has 0 bridgehead atoms. The lowest BCUT2D eigenvalue weighted by molar-refractivity contribution is 1.04. The van der Waals surface area contributed by atoms with Gasteiger partial charge in [0.25, 0.3) is 0 Å². The molecule has 3 N–H and O–H groups in total. The third kappa shape index (κ3) is 1.23. The zero-order valence-electron chi connectivity index (χ0n) is 8.88. The molecule has 0 atom stereocenters. The summed E-state index contributed by atoms with van der Waals surface area (Å²) >= 11 is 0. The molecule has 1 fully saturated rings. The second-order valence-electron chi connectivity index (χ2n) is 4.29. The molecule has 1 aliphatic rings. The Hall–Kier alpha value is -1.51. The van der Waals surface area contributed by atoms with Crippen LogP contribution in [0.25, 0.3) is 10.9 Å². The van der Waals surface area contributed by atoms with Crippen LogP contribution in [0.3, 0.4) is 0 Å². The van der Waals surface area contributed by atoms with E-state index in [0.29, 0.717) is 5.82 Å². The highest BCUT2D eigenvalue weighted by molar-refractivity contribution is 5.92. The topological polar surface area (TPSA) is 54.7 Å².